The van der Waals surface area contributed by atoms with Gasteiger partial charge in [-0.3, -0.25) is 9.80 Å². The number of hydrogen-bond acceptors (Lipinski definition) is 4. The molecule has 1 saturated carbocycles. The molecule has 1 unspecified atom stereocenters. The zero-order valence-electron chi connectivity index (χ0n) is 11.4. The summed E-state index contributed by atoms with van der Waals surface area (Å²) in [4.78, 5) is 5.22. The van der Waals surface area contributed by atoms with Gasteiger partial charge >= 0.3 is 0 Å². The van der Waals surface area contributed by atoms with Crippen LogP contribution in [0.1, 0.15) is 32.1 Å². The van der Waals surface area contributed by atoms with E-state index in [1.165, 1.54) is 45.2 Å². The van der Waals surface area contributed by atoms with Crippen LogP contribution < -0.4 is 5.73 Å². The van der Waals surface area contributed by atoms with E-state index in [4.69, 9.17) is 10.5 Å². The number of morpholine rings is 1. The molecule has 0 radical (unpaired) electrons. The highest BCUT2D eigenvalue weighted by molar-refractivity contribution is 4.95. The Morgan fingerprint density at radius 3 is 2.56 bits per heavy atom. The third kappa shape index (κ3) is 2.87. The Labute approximate surface area is 110 Å². The van der Waals surface area contributed by atoms with Crippen LogP contribution in [0.5, 0.6) is 0 Å². The van der Waals surface area contributed by atoms with Gasteiger partial charge in [0.05, 0.1) is 13.2 Å². The number of rotatable bonds is 3. The molecule has 0 aromatic carbocycles. The molecule has 3 aliphatic rings. The zero-order valence-corrected chi connectivity index (χ0v) is 11.4. The fourth-order valence-electron chi connectivity index (χ4n) is 3.88. The monoisotopic (exact) mass is 253 g/mol. The second-order valence-corrected chi connectivity index (χ2v) is 6.40. The van der Waals surface area contributed by atoms with Gasteiger partial charge in [-0.25, -0.2) is 0 Å². The van der Waals surface area contributed by atoms with Gasteiger partial charge in [0.2, 0.25) is 0 Å². The Bertz CT molecular complexity index is 272. The van der Waals surface area contributed by atoms with Gasteiger partial charge in [-0.2, -0.15) is 0 Å². The molecule has 0 bridgehead atoms. The van der Waals surface area contributed by atoms with Crippen molar-refractivity contribution in [2.24, 2.45) is 5.73 Å². The van der Waals surface area contributed by atoms with Crippen LogP contribution in [-0.2, 0) is 4.74 Å². The molecular formula is C14H27N3O. The van der Waals surface area contributed by atoms with Gasteiger partial charge in [-0.05, 0) is 25.8 Å². The molecule has 2 saturated heterocycles. The van der Waals surface area contributed by atoms with E-state index in [9.17, 15) is 0 Å². The first-order valence-electron chi connectivity index (χ1n) is 7.58. The maximum atomic E-state index is 6.49. The standard InChI is InChI=1S/C14H27N3O/c15-14(4-1-2-5-14)12-16-6-3-13(11-16)17-7-9-18-10-8-17/h13H,1-12,15H2. The lowest BCUT2D eigenvalue weighted by molar-refractivity contribution is 0.0181. The lowest BCUT2D eigenvalue weighted by Crippen LogP contribution is -2.49. The highest BCUT2D eigenvalue weighted by atomic mass is 16.5. The fraction of sp³-hybridized carbons (Fsp3) is 1.00. The third-order valence-electron chi connectivity index (χ3n) is 4.95. The first kappa shape index (κ1) is 12.9. The second kappa shape index (κ2) is 5.45. The molecule has 2 N–H and O–H groups in total. The largest absolute Gasteiger partial charge is 0.379 e. The van der Waals surface area contributed by atoms with Crippen LogP contribution in [-0.4, -0.2) is 67.3 Å². The molecule has 1 atom stereocenters. The maximum absolute atomic E-state index is 6.49. The number of nitrogens with two attached hydrogens (primary N) is 1. The van der Waals surface area contributed by atoms with Gasteiger partial charge < -0.3 is 10.5 Å². The van der Waals surface area contributed by atoms with Crippen molar-refractivity contribution in [2.45, 2.75) is 43.7 Å². The summed E-state index contributed by atoms with van der Waals surface area (Å²) < 4.78 is 5.43. The van der Waals surface area contributed by atoms with E-state index < -0.39 is 0 Å². The Morgan fingerprint density at radius 2 is 1.83 bits per heavy atom. The molecule has 0 aromatic rings. The summed E-state index contributed by atoms with van der Waals surface area (Å²) in [6, 6.07) is 0.749. The van der Waals surface area contributed by atoms with E-state index >= 15 is 0 Å². The molecule has 3 rings (SSSR count). The van der Waals surface area contributed by atoms with Crippen molar-refractivity contribution in [3.05, 3.63) is 0 Å². The summed E-state index contributed by atoms with van der Waals surface area (Å²) >= 11 is 0. The van der Waals surface area contributed by atoms with Crippen LogP contribution in [0.25, 0.3) is 0 Å². The average molecular weight is 253 g/mol. The summed E-state index contributed by atoms with van der Waals surface area (Å²) in [5.41, 5.74) is 6.61. The van der Waals surface area contributed by atoms with E-state index in [1.807, 2.05) is 0 Å². The predicted octanol–water partition coefficient (Wildman–Crippen LogP) is 0.664. The van der Waals surface area contributed by atoms with E-state index in [2.05, 4.69) is 9.80 Å². The summed E-state index contributed by atoms with van der Waals surface area (Å²) in [7, 11) is 0. The molecule has 1 aliphatic carbocycles. The lowest BCUT2D eigenvalue weighted by Gasteiger charge is -2.33. The Hall–Kier alpha value is -0.160. The van der Waals surface area contributed by atoms with Crippen LogP contribution in [0.2, 0.25) is 0 Å². The number of hydrogen-bond donors (Lipinski definition) is 1. The van der Waals surface area contributed by atoms with Gasteiger partial charge in [0.25, 0.3) is 0 Å². The molecule has 4 nitrogen and oxygen atoms in total. The SMILES string of the molecule is NC1(CN2CCC(N3CCOCC3)C2)CCCC1. The average Bonchev–Trinajstić information content (AvgIpc) is 3.00. The molecule has 3 fully saturated rings. The van der Waals surface area contributed by atoms with Crippen LogP contribution in [0, 0.1) is 0 Å². The molecule has 2 aliphatic heterocycles. The first-order valence-corrected chi connectivity index (χ1v) is 7.58. The summed E-state index contributed by atoms with van der Waals surface area (Å²) in [5.74, 6) is 0. The molecule has 18 heavy (non-hydrogen) atoms. The minimum atomic E-state index is 0.125. The smallest absolute Gasteiger partial charge is 0.0594 e. The quantitative estimate of drug-likeness (QED) is 0.802. The highest BCUT2D eigenvalue weighted by Crippen LogP contribution is 2.29. The summed E-state index contributed by atoms with van der Waals surface area (Å²) in [6.07, 6.45) is 6.43. The zero-order chi connectivity index (χ0) is 12.4. The second-order valence-electron chi connectivity index (χ2n) is 6.40. The topological polar surface area (TPSA) is 41.7 Å². The number of nitrogens with zero attached hydrogens (tertiary/aromatic N) is 2. The highest BCUT2D eigenvalue weighted by Gasteiger charge is 2.35. The van der Waals surface area contributed by atoms with E-state index in [0.29, 0.717) is 0 Å². The van der Waals surface area contributed by atoms with Crippen molar-refractivity contribution in [3.63, 3.8) is 0 Å². The third-order valence-corrected chi connectivity index (χ3v) is 4.95. The molecule has 2 heterocycles. The predicted molar refractivity (Wildman–Crippen MR) is 72.6 cm³/mol. The van der Waals surface area contributed by atoms with E-state index in [0.717, 1.165) is 38.9 Å². The van der Waals surface area contributed by atoms with Gasteiger partial charge in [0, 0.05) is 37.8 Å². The summed E-state index contributed by atoms with van der Waals surface area (Å²) in [6.45, 7) is 7.64. The van der Waals surface area contributed by atoms with Crippen molar-refractivity contribution in [1.82, 2.24) is 9.80 Å². The number of ether oxygens (including phenoxy) is 1. The van der Waals surface area contributed by atoms with Crippen molar-refractivity contribution < 1.29 is 4.74 Å². The van der Waals surface area contributed by atoms with Crippen molar-refractivity contribution in [2.75, 3.05) is 45.9 Å². The van der Waals surface area contributed by atoms with Crippen LogP contribution in [0.4, 0.5) is 0 Å². The van der Waals surface area contributed by atoms with E-state index in [-0.39, 0.29) is 5.54 Å². The van der Waals surface area contributed by atoms with Crippen molar-refractivity contribution in [3.8, 4) is 0 Å². The lowest BCUT2D eigenvalue weighted by atomic mass is 9.99. The van der Waals surface area contributed by atoms with E-state index in [1.54, 1.807) is 0 Å². The Morgan fingerprint density at radius 1 is 1.11 bits per heavy atom. The molecule has 0 spiro atoms. The van der Waals surface area contributed by atoms with Gasteiger partial charge in [0.15, 0.2) is 0 Å². The van der Waals surface area contributed by atoms with Gasteiger partial charge in [0.1, 0.15) is 0 Å². The first-order chi connectivity index (χ1) is 8.75. The van der Waals surface area contributed by atoms with Crippen LogP contribution >= 0.6 is 0 Å². The minimum absolute atomic E-state index is 0.125. The van der Waals surface area contributed by atoms with Gasteiger partial charge in [-0.1, -0.05) is 12.8 Å². The fourth-order valence-corrected chi connectivity index (χ4v) is 3.88. The maximum Gasteiger partial charge on any atom is 0.0594 e. The Kier molecular flexibility index (Phi) is 3.89. The van der Waals surface area contributed by atoms with Crippen LogP contribution in [0.15, 0.2) is 0 Å². The molecular weight excluding hydrogens is 226 g/mol. The minimum Gasteiger partial charge on any atom is -0.379 e. The van der Waals surface area contributed by atoms with Crippen LogP contribution in [0.3, 0.4) is 0 Å². The molecule has 0 aromatic heterocycles. The molecule has 0 amide bonds. The Balaban J connectivity index is 1.48. The van der Waals surface area contributed by atoms with Gasteiger partial charge in [-0.15, -0.1) is 0 Å². The number of likely N-dealkylation sites (tertiary alicyclic amines) is 1. The normalized spacial score (nSPS) is 34.2. The van der Waals surface area contributed by atoms with Crippen molar-refractivity contribution >= 4 is 0 Å². The van der Waals surface area contributed by atoms with Crippen molar-refractivity contribution in [1.29, 1.82) is 0 Å². The molecule has 4 heteroatoms. The molecule has 104 valence electrons. The summed E-state index contributed by atoms with van der Waals surface area (Å²) in [5, 5.41) is 0.